The van der Waals surface area contributed by atoms with Crippen molar-refractivity contribution in [2.45, 2.75) is 91.4 Å². The number of rotatable bonds is 6. The predicted octanol–water partition coefficient (Wildman–Crippen LogP) is 9.15. The van der Waals surface area contributed by atoms with Crippen LogP contribution in [-0.2, 0) is 29.9 Å². The minimum atomic E-state index is -4.62. The molecule has 1 saturated heterocycles. The quantitative estimate of drug-likeness (QED) is 0.186. The van der Waals surface area contributed by atoms with Gasteiger partial charge in [0.05, 0.1) is 29.2 Å². The van der Waals surface area contributed by atoms with E-state index >= 15 is 0 Å². The summed E-state index contributed by atoms with van der Waals surface area (Å²) in [5.74, 6) is -3.00. The van der Waals surface area contributed by atoms with Gasteiger partial charge in [-0.25, -0.2) is 8.78 Å². The minimum absolute atomic E-state index is 0.0201. The Hall–Kier alpha value is -3.89. The maximum atomic E-state index is 13.0. The van der Waals surface area contributed by atoms with E-state index in [1.807, 2.05) is 12.1 Å². The number of hydrogen-bond donors (Lipinski definition) is 0. The topological polar surface area (TPSA) is 86.5 Å². The van der Waals surface area contributed by atoms with Gasteiger partial charge in [-0.1, -0.05) is 33.3 Å². The molecule has 0 radical (unpaired) electrons. The number of pyridine rings is 1. The number of carbonyl (C=O) groups excluding carboxylic acids is 2. The van der Waals surface area contributed by atoms with Crippen molar-refractivity contribution >= 4 is 23.5 Å². The zero-order valence-electron chi connectivity index (χ0n) is 29.5. The number of amides is 1. The molecule has 7 nitrogen and oxygen atoms in total. The average Bonchev–Trinajstić information content (AvgIpc) is 3.60. The Kier molecular flexibility index (Phi) is 17.0. The van der Waals surface area contributed by atoms with Crippen LogP contribution in [0.5, 0.6) is 5.75 Å². The standard InChI is InChI=1S/C15H17F3N2O2.C12H14N2.C7H8F2OS.C3H8/c1-10-11(6-9-21)4-3-8-20(10)14(22)13-12(15(16,17)18)5-2-7-19-13;1-2-14-6-5-11-7-10(8-13)3-4-12(11)9-14;1-7(8,9)6-3-5(10-2)4-11-6;1-3-2/h2,5,7,9-11H,3-4,6,8H2,1H3;3-4,7H,2,5-6,9H2,1H3;3-4H,1-2H3;3H2,1-2H3. The molecular weight excluding hydrogens is 675 g/mol. The zero-order valence-corrected chi connectivity index (χ0v) is 30.3. The van der Waals surface area contributed by atoms with Gasteiger partial charge in [0, 0.05) is 56.7 Å². The molecule has 0 spiro atoms. The van der Waals surface area contributed by atoms with Gasteiger partial charge in [0.1, 0.15) is 17.7 Å². The van der Waals surface area contributed by atoms with Crippen molar-refractivity contribution in [3.63, 3.8) is 0 Å². The number of likely N-dealkylation sites (tertiary alicyclic amines) is 1. The van der Waals surface area contributed by atoms with Gasteiger partial charge in [0.25, 0.3) is 11.8 Å². The Morgan fingerprint density at radius 1 is 1.12 bits per heavy atom. The monoisotopic (exact) mass is 722 g/mol. The molecule has 0 N–H and O–H groups in total. The van der Waals surface area contributed by atoms with E-state index in [0.717, 1.165) is 74.7 Å². The molecule has 0 aliphatic carbocycles. The number of fused-ring (bicyclic) bond motifs is 1. The van der Waals surface area contributed by atoms with Crippen molar-refractivity contribution in [3.8, 4) is 11.8 Å². The number of piperidine rings is 1. The first kappa shape index (κ1) is 42.3. The molecule has 2 unspecified atom stereocenters. The van der Waals surface area contributed by atoms with Crippen LogP contribution >= 0.6 is 11.3 Å². The molecule has 13 heteroatoms. The molecule has 2 atom stereocenters. The van der Waals surface area contributed by atoms with Crippen LogP contribution in [-0.4, -0.2) is 59.8 Å². The van der Waals surface area contributed by atoms with Gasteiger partial charge in [-0.3, -0.25) is 14.7 Å². The lowest BCUT2D eigenvalue weighted by molar-refractivity contribution is -0.138. The summed E-state index contributed by atoms with van der Waals surface area (Å²) in [5.41, 5.74) is 1.93. The molecule has 2 aromatic heterocycles. The lowest BCUT2D eigenvalue weighted by Crippen LogP contribution is -2.47. The molecule has 1 fully saturated rings. The highest BCUT2D eigenvalue weighted by molar-refractivity contribution is 7.10. The molecule has 50 heavy (non-hydrogen) atoms. The average molecular weight is 723 g/mol. The third kappa shape index (κ3) is 12.5. The molecule has 274 valence electrons. The number of nitriles is 1. The Morgan fingerprint density at radius 2 is 1.82 bits per heavy atom. The molecule has 3 aromatic rings. The first-order valence-electron chi connectivity index (χ1n) is 16.7. The molecule has 0 saturated carbocycles. The largest absolute Gasteiger partial charge is 0.496 e. The predicted molar refractivity (Wildman–Crippen MR) is 185 cm³/mol. The molecule has 0 bridgehead atoms. The van der Waals surface area contributed by atoms with E-state index in [1.54, 1.807) is 12.3 Å². The van der Waals surface area contributed by atoms with Gasteiger partial charge in [-0.15, -0.1) is 11.3 Å². The number of methoxy groups -OCH3 is 1. The zero-order chi connectivity index (χ0) is 37.5. The summed E-state index contributed by atoms with van der Waals surface area (Å²) in [6.45, 7) is 12.7. The molecule has 2 aliphatic heterocycles. The van der Waals surface area contributed by atoms with Gasteiger partial charge in [0.2, 0.25) is 0 Å². The highest BCUT2D eigenvalue weighted by Gasteiger charge is 2.39. The van der Waals surface area contributed by atoms with E-state index in [0.29, 0.717) is 25.1 Å². The van der Waals surface area contributed by atoms with Crippen molar-refractivity contribution < 1.29 is 36.3 Å². The molecule has 5 rings (SSSR count). The first-order chi connectivity index (χ1) is 23.6. The summed E-state index contributed by atoms with van der Waals surface area (Å²) in [6, 6.07) is 11.3. The highest BCUT2D eigenvalue weighted by Crippen LogP contribution is 2.35. The van der Waals surface area contributed by atoms with Crippen LogP contribution in [0.4, 0.5) is 22.0 Å². The second kappa shape index (κ2) is 20.1. The van der Waals surface area contributed by atoms with Crippen molar-refractivity contribution in [3.05, 3.63) is 80.8 Å². The number of hydrogen-bond acceptors (Lipinski definition) is 7. The Morgan fingerprint density at radius 3 is 2.36 bits per heavy atom. The van der Waals surface area contributed by atoms with Crippen LogP contribution in [0.15, 0.2) is 48.0 Å². The number of thiophene rings is 1. The summed E-state index contributed by atoms with van der Waals surface area (Å²) >= 11 is 1.01. The van der Waals surface area contributed by atoms with E-state index in [2.05, 4.69) is 42.8 Å². The molecular formula is C37H47F5N4O3S. The van der Waals surface area contributed by atoms with E-state index in [1.165, 1.54) is 41.8 Å². The van der Waals surface area contributed by atoms with Gasteiger partial charge >= 0.3 is 6.18 Å². The van der Waals surface area contributed by atoms with Gasteiger partial charge in [-0.2, -0.15) is 18.4 Å². The smallest absolute Gasteiger partial charge is 0.418 e. The van der Waals surface area contributed by atoms with Crippen molar-refractivity contribution in [2.75, 3.05) is 26.7 Å². The summed E-state index contributed by atoms with van der Waals surface area (Å²) in [5, 5.41) is 10.3. The Bertz CT molecular complexity index is 1550. The van der Waals surface area contributed by atoms with E-state index in [-0.39, 0.29) is 16.8 Å². The fourth-order valence-electron chi connectivity index (χ4n) is 5.50. The fourth-order valence-corrected chi connectivity index (χ4v) is 6.29. The number of ether oxygens (including phenoxy) is 1. The van der Waals surface area contributed by atoms with Crippen LogP contribution in [0.2, 0.25) is 0 Å². The van der Waals surface area contributed by atoms with Crippen molar-refractivity contribution in [1.82, 2.24) is 14.8 Å². The van der Waals surface area contributed by atoms with Gasteiger partial charge in [0.15, 0.2) is 0 Å². The number of aromatic nitrogens is 1. The van der Waals surface area contributed by atoms with Crippen LogP contribution in [0, 0.1) is 17.2 Å². The van der Waals surface area contributed by atoms with Crippen LogP contribution in [0.25, 0.3) is 0 Å². The number of alkyl halides is 5. The van der Waals surface area contributed by atoms with Gasteiger partial charge in [-0.05, 0) is 74.0 Å². The first-order valence-corrected chi connectivity index (χ1v) is 17.5. The maximum Gasteiger partial charge on any atom is 0.418 e. The highest BCUT2D eigenvalue weighted by atomic mass is 32.1. The van der Waals surface area contributed by atoms with Crippen molar-refractivity contribution in [1.29, 1.82) is 5.26 Å². The normalized spacial score (nSPS) is 17.3. The molecule has 2 aliphatic rings. The number of aldehydes is 1. The summed E-state index contributed by atoms with van der Waals surface area (Å²) in [4.78, 5) is 30.7. The summed E-state index contributed by atoms with van der Waals surface area (Å²) in [7, 11) is 1.46. The molecule has 1 amide bonds. The number of halogens is 5. The third-order valence-corrected chi connectivity index (χ3v) is 9.32. The number of likely N-dealkylation sites (N-methyl/N-ethyl adjacent to an activating group) is 1. The van der Waals surface area contributed by atoms with Crippen LogP contribution in [0.3, 0.4) is 0 Å². The Balaban J connectivity index is 0.000000266. The van der Waals surface area contributed by atoms with E-state index in [4.69, 9.17) is 10.00 Å². The third-order valence-electron chi connectivity index (χ3n) is 8.24. The van der Waals surface area contributed by atoms with Crippen molar-refractivity contribution in [2.24, 2.45) is 5.92 Å². The lowest BCUT2D eigenvalue weighted by Gasteiger charge is -2.39. The second-order valence-electron chi connectivity index (χ2n) is 12.1. The fraction of sp³-hybridized carbons (Fsp3) is 0.514. The van der Waals surface area contributed by atoms with E-state index < -0.39 is 29.3 Å². The van der Waals surface area contributed by atoms with E-state index in [9.17, 15) is 31.5 Å². The Labute approximate surface area is 296 Å². The van der Waals surface area contributed by atoms with Crippen LogP contribution < -0.4 is 4.74 Å². The minimum Gasteiger partial charge on any atom is -0.496 e. The maximum absolute atomic E-state index is 13.0. The second-order valence-corrected chi connectivity index (χ2v) is 13.0. The number of nitrogens with zero attached hydrogens (tertiary/aromatic N) is 4. The summed E-state index contributed by atoms with van der Waals surface area (Å²) in [6.07, 6.45) is 1.44. The van der Waals surface area contributed by atoms with Gasteiger partial charge < -0.3 is 14.4 Å². The SMILES string of the molecule is CC1C(CC=O)CCCN1C(=O)c1ncccc1C(F)(F)F.CCC.CCN1CCc2cc(C#N)ccc2C1.COc1csc(C(C)(F)F)c1. The number of carbonyl (C=O) groups is 2. The summed E-state index contributed by atoms with van der Waals surface area (Å²) < 4.78 is 68.9. The number of benzene rings is 1. The lowest BCUT2D eigenvalue weighted by atomic mass is 9.87. The molecule has 1 aromatic carbocycles. The van der Waals surface area contributed by atoms with Crippen LogP contribution in [0.1, 0.15) is 97.9 Å². The molecule has 4 heterocycles.